The number of non-ortho nitro benzene ring substituents is 1. The van der Waals surface area contributed by atoms with Crippen LogP contribution in [0.2, 0.25) is 0 Å². The summed E-state index contributed by atoms with van der Waals surface area (Å²) >= 11 is 0. The summed E-state index contributed by atoms with van der Waals surface area (Å²) in [7, 11) is 3.23. The molecule has 0 fully saturated rings. The van der Waals surface area contributed by atoms with Gasteiger partial charge in [-0.05, 0) is 12.5 Å². The topological polar surface area (TPSA) is 93.5 Å². The van der Waals surface area contributed by atoms with Gasteiger partial charge in [-0.1, -0.05) is 13.3 Å². The monoisotopic (exact) mass is 295 g/mol. The van der Waals surface area contributed by atoms with E-state index in [4.69, 9.17) is 4.74 Å². The largest absolute Gasteiger partial charge is 0.387 e. The molecule has 1 amide bonds. The predicted molar refractivity (Wildman–Crippen MR) is 80.7 cm³/mol. The number of nitro benzene ring substituents is 1. The fourth-order valence-electron chi connectivity index (χ4n) is 2.06. The van der Waals surface area contributed by atoms with Gasteiger partial charge in [0.05, 0.1) is 23.1 Å². The molecule has 1 aromatic rings. The molecule has 0 aliphatic rings. The Morgan fingerprint density at radius 3 is 2.71 bits per heavy atom. The second kappa shape index (κ2) is 8.21. The number of rotatable bonds is 8. The number of nitrogens with one attached hydrogen (secondary N) is 2. The minimum Gasteiger partial charge on any atom is -0.387 e. The van der Waals surface area contributed by atoms with Gasteiger partial charge in [0.25, 0.3) is 11.6 Å². The maximum Gasteiger partial charge on any atom is 0.270 e. The molecule has 7 nitrogen and oxygen atoms in total. The first kappa shape index (κ1) is 16.9. The number of hydrogen-bond acceptors (Lipinski definition) is 5. The van der Waals surface area contributed by atoms with Crippen molar-refractivity contribution in [3.8, 4) is 0 Å². The number of anilines is 1. The van der Waals surface area contributed by atoms with E-state index in [0.29, 0.717) is 12.3 Å². The van der Waals surface area contributed by atoms with E-state index >= 15 is 0 Å². The van der Waals surface area contributed by atoms with E-state index in [1.54, 1.807) is 14.2 Å². The maximum atomic E-state index is 12.3. The highest BCUT2D eigenvalue weighted by Crippen LogP contribution is 2.22. The van der Waals surface area contributed by atoms with E-state index in [1.807, 2.05) is 6.92 Å². The van der Waals surface area contributed by atoms with E-state index in [-0.39, 0.29) is 23.2 Å². The highest BCUT2D eigenvalue weighted by molar-refractivity contribution is 6.00. The van der Waals surface area contributed by atoms with Crippen LogP contribution in [0, 0.1) is 10.1 Å². The molecular weight excluding hydrogens is 274 g/mol. The van der Waals surface area contributed by atoms with Gasteiger partial charge in [0.2, 0.25) is 0 Å². The zero-order chi connectivity index (χ0) is 15.8. The molecule has 0 radical (unpaired) electrons. The number of amides is 1. The van der Waals surface area contributed by atoms with Gasteiger partial charge in [-0.15, -0.1) is 0 Å². The van der Waals surface area contributed by atoms with Crippen LogP contribution < -0.4 is 10.6 Å². The summed E-state index contributed by atoms with van der Waals surface area (Å²) in [4.78, 5) is 22.6. The number of hydrogen-bond donors (Lipinski definition) is 2. The molecule has 0 aliphatic heterocycles. The second-order valence-corrected chi connectivity index (χ2v) is 4.65. The lowest BCUT2D eigenvalue weighted by Gasteiger charge is -2.18. The highest BCUT2D eigenvalue weighted by Gasteiger charge is 2.19. The average Bonchev–Trinajstić information content (AvgIpc) is 2.46. The van der Waals surface area contributed by atoms with Crippen LogP contribution in [0.1, 0.15) is 30.1 Å². The first-order chi connectivity index (χ1) is 10.0. The Bertz CT molecular complexity index is 499. The normalized spacial score (nSPS) is 11.8. The Kier molecular flexibility index (Phi) is 6.61. The van der Waals surface area contributed by atoms with Crippen molar-refractivity contribution in [2.24, 2.45) is 0 Å². The molecule has 0 aromatic heterocycles. The molecule has 1 aromatic carbocycles. The quantitative estimate of drug-likeness (QED) is 0.566. The van der Waals surface area contributed by atoms with Gasteiger partial charge in [0, 0.05) is 32.0 Å². The SMILES string of the molecule is CCCC(COC)NC(=O)c1cc([N+](=O)[O-])ccc1NC. The van der Waals surface area contributed by atoms with Gasteiger partial charge in [-0.2, -0.15) is 0 Å². The summed E-state index contributed by atoms with van der Waals surface area (Å²) in [6.45, 7) is 2.42. The smallest absolute Gasteiger partial charge is 0.270 e. The van der Waals surface area contributed by atoms with Crippen LogP contribution in [0.3, 0.4) is 0 Å². The van der Waals surface area contributed by atoms with Crippen LogP contribution in [0.15, 0.2) is 18.2 Å². The Labute approximate surface area is 123 Å². The van der Waals surface area contributed by atoms with Crippen LogP contribution in [-0.2, 0) is 4.74 Å². The second-order valence-electron chi connectivity index (χ2n) is 4.65. The number of carbonyl (C=O) groups excluding carboxylic acids is 1. The molecule has 116 valence electrons. The van der Waals surface area contributed by atoms with E-state index < -0.39 is 4.92 Å². The number of benzene rings is 1. The fraction of sp³-hybridized carbons (Fsp3) is 0.500. The zero-order valence-electron chi connectivity index (χ0n) is 12.5. The molecule has 1 rings (SSSR count). The molecule has 1 atom stereocenters. The predicted octanol–water partition coefficient (Wildman–Crippen LogP) is 2.18. The van der Waals surface area contributed by atoms with E-state index in [1.165, 1.54) is 18.2 Å². The van der Waals surface area contributed by atoms with Gasteiger partial charge in [0.15, 0.2) is 0 Å². The molecule has 0 aliphatic carbocycles. The molecule has 21 heavy (non-hydrogen) atoms. The standard InChI is InChI=1S/C14H21N3O4/c1-4-5-10(9-21-3)16-14(18)12-8-11(17(19)20)6-7-13(12)15-2/h6-8,10,15H,4-5,9H2,1-3H3,(H,16,18). The van der Waals surface area contributed by atoms with Crippen molar-refractivity contribution in [2.45, 2.75) is 25.8 Å². The third kappa shape index (κ3) is 4.71. The lowest BCUT2D eigenvalue weighted by atomic mass is 10.1. The molecule has 0 bridgehead atoms. The van der Waals surface area contributed by atoms with Crippen LogP contribution in [-0.4, -0.2) is 37.6 Å². The summed E-state index contributed by atoms with van der Waals surface area (Å²) in [5.41, 5.74) is 0.688. The number of ether oxygens (including phenoxy) is 1. The lowest BCUT2D eigenvalue weighted by molar-refractivity contribution is -0.384. The van der Waals surface area contributed by atoms with Crippen molar-refractivity contribution in [2.75, 3.05) is 26.1 Å². The molecule has 7 heteroatoms. The molecule has 2 N–H and O–H groups in total. The van der Waals surface area contributed by atoms with Crippen LogP contribution in [0.25, 0.3) is 0 Å². The summed E-state index contributed by atoms with van der Waals surface area (Å²) in [6.07, 6.45) is 1.69. The third-order valence-corrected chi connectivity index (χ3v) is 3.07. The average molecular weight is 295 g/mol. The van der Waals surface area contributed by atoms with E-state index in [9.17, 15) is 14.9 Å². The molecule has 0 saturated heterocycles. The molecular formula is C14H21N3O4. The molecule has 0 saturated carbocycles. The van der Waals surface area contributed by atoms with Crippen molar-refractivity contribution in [3.63, 3.8) is 0 Å². The summed E-state index contributed by atoms with van der Waals surface area (Å²) < 4.78 is 5.07. The minimum atomic E-state index is -0.519. The fourth-order valence-corrected chi connectivity index (χ4v) is 2.06. The van der Waals surface area contributed by atoms with Gasteiger partial charge in [-0.3, -0.25) is 14.9 Å². The molecule has 0 heterocycles. The van der Waals surface area contributed by atoms with Gasteiger partial charge < -0.3 is 15.4 Å². The Morgan fingerprint density at radius 1 is 1.48 bits per heavy atom. The van der Waals surface area contributed by atoms with Crippen molar-refractivity contribution in [3.05, 3.63) is 33.9 Å². The van der Waals surface area contributed by atoms with Gasteiger partial charge in [0.1, 0.15) is 0 Å². The first-order valence-corrected chi connectivity index (χ1v) is 6.79. The van der Waals surface area contributed by atoms with Crippen molar-refractivity contribution in [1.29, 1.82) is 0 Å². The number of nitrogens with zero attached hydrogens (tertiary/aromatic N) is 1. The zero-order valence-corrected chi connectivity index (χ0v) is 12.5. The van der Waals surface area contributed by atoms with E-state index in [0.717, 1.165) is 12.8 Å². The van der Waals surface area contributed by atoms with Crippen LogP contribution in [0.4, 0.5) is 11.4 Å². The number of carbonyl (C=O) groups is 1. The van der Waals surface area contributed by atoms with Crippen molar-refractivity contribution < 1.29 is 14.5 Å². The van der Waals surface area contributed by atoms with Gasteiger partial charge >= 0.3 is 0 Å². The first-order valence-electron chi connectivity index (χ1n) is 6.79. The third-order valence-electron chi connectivity index (χ3n) is 3.07. The summed E-state index contributed by atoms with van der Waals surface area (Å²) in [6, 6.07) is 4.05. The van der Waals surface area contributed by atoms with Crippen LogP contribution in [0.5, 0.6) is 0 Å². The number of methoxy groups -OCH3 is 1. The Morgan fingerprint density at radius 2 is 2.19 bits per heavy atom. The number of nitro groups is 1. The summed E-state index contributed by atoms with van der Waals surface area (Å²) in [5, 5.41) is 16.6. The van der Waals surface area contributed by atoms with Crippen molar-refractivity contribution in [1.82, 2.24) is 5.32 Å². The van der Waals surface area contributed by atoms with Gasteiger partial charge in [-0.25, -0.2) is 0 Å². The molecule has 1 unspecified atom stereocenters. The Balaban J connectivity index is 2.98. The van der Waals surface area contributed by atoms with E-state index in [2.05, 4.69) is 10.6 Å². The lowest BCUT2D eigenvalue weighted by Crippen LogP contribution is -2.38. The highest BCUT2D eigenvalue weighted by atomic mass is 16.6. The summed E-state index contributed by atoms with van der Waals surface area (Å²) in [5.74, 6) is -0.349. The minimum absolute atomic E-state index is 0.113. The van der Waals surface area contributed by atoms with Crippen molar-refractivity contribution >= 4 is 17.3 Å². The molecule has 0 spiro atoms. The van der Waals surface area contributed by atoms with Crippen LogP contribution >= 0.6 is 0 Å². The maximum absolute atomic E-state index is 12.3. The Hall–Kier alpha value is -2.15.